The van der Waals surface area contributed by atoms with E-state index in [4.69, 9.17) is 39.5 Å². The summed E-state index contributed by atoms with van der Waals surface area (Å²) in [5, 5.41) is 0.502. The highest BCUT2D eigenvalue weighted by atomic mass is 35.5. The minimum absolute atomic E-state index is 0.113. The van der Waals surface area contributed by atoms with Crippen LogP contribution in [0.2, 0.25) is 15.3 Å². The number of pyridine rings is 1. The van der Waals surface area contributed by atoms with Gasteiger partial charge in [-0.05, 0) is 17.6 Å². The van der Waals surface area contributed by atoms with E-state index < -0.39 is 5.91 Å². The standard InChI is InChI=1S/C12H6Cl3N5O2S/c1-22-8-3-7(14)17-11-19-12(23-20(8)11)18-10(21)5-2-6(13)9(15)16-4-5/h2-4H,1H3. The van der Waals surface area contributed by atoms with Gasteiger partial charge in [0.15, 0.2) is 0 Å². The molecule has 0 aliphatic carbocycles. The molecule has 3 heterocycles. The van der Waals surface area contributed by atoms with Crippen molar-refractivity contribution in [3.63, 3.8) is 0 Å². The number of fused-ring (bicyclic) bond motifs is 1. The lowest BCUT2D eigenvalue weighted by Gasteiger charge is -2.01. The highest BCUT2D eigenvalue weighted by Gasteiger charge is 2.11. The van der Waals surface area contributed by atoms with Crippen LogP contribution in [-0.2, 0) is 0 Å². The molecule has 0 aliphatic heterocycles. The number of halogens is 3. The van der Waals surface area contributed by atoms with Crippen molar-refractivity contribution >= 4 is 58.0 Å². The molecular weight excluding hydrogens is 385 g/mol. The van der Waals surface area contributed by atoms with Crippen LogP contribution in [0.4, 0.5) is 0 Å². The Balaban J connectivity index is 2.06. The number of aromatic nitrogens is 4. The number of methoxy groups -OCH3 is 1. The normalized spacial score (nSPS) is 11.9. The molecule has 118 valence electrons. The fraction of sp³-hybridized carbons (Fsp3) is 0.0833. The molecule has 0 aliphatic rings. The lowest BCUT2D eigenvalue weighted by Crippen LogP contribution is -2.05. The first kappa shape index (κ1) is 16.1. The molecule has 0 saturated carbocycles. The van der Waals surface area contributed by atoms with Gasteiger partial charge in [-0.2, -0.15) is 18.8 Å². The van der Waals surface area contributed by atoms with Crippen LogP contribution in [0, 0.1) is 0 Å². The fourth-order valence-corrected chi connectivity index (χ4v) is 2.88. The van der Waals surface area contributed by atoms with Gasteiger partial charge in [0.25, 0.3) is 11.7 Å². The van der Waals surface area contributed by atoms with Crippen LogP contribution in [0.15, 0.2) is 23.3 Å². The van der Waals surface area contributed by atoms with E-state index in [1.165, 1.54) is 25.4 Å². The number of carbonyl (C=O) groups excluding carboxylic acids is 1. The van der Waals surface area contributed by atoms with Gasteiger partial charge in [0.1, 0.15) is 10.3 Å². The molecule has 3 aromatic heterocycles. The number of hydrogen-bond acceptors (Lipinski definition) is 6. The Morgan fingerprint density at radius 2 is 2.09 bits per heavy atom. The molecule has 11 heteroatoms. The second-order valence-corrected chi connectivity index (χ2v) is 6.18. The Kier molecular flexibility index (Phi) is 4.49. The zero-order valence-electron chi connectivity index (χ0n) is 11.3. The van der Waals surface area contributed by atoms with Gasteiger partial charge < -0.3 is 4.74 Å². The molecule has 1 amide bonds. The van der Waals surface area contributed by atoms with Gasteiger partial charge >= 0.3 is 0 Å². The van der Waals surface area contributed by atoms with Crippen molar-refractivity contribution in [1.29, 1.82) is 0 Å². The topological polar surface area (TPSA) is 81.7 Å². The average molecular weight is 391 g/mol. The molecule has 0 aromatic carbocycles. The van der Waals surface area contributed by atoms with Gasteiger partial charge in [0, 0.05) is 12.3 Å². The number of rotatable bonds is 2. The molecule has 0 spiro atoms. The van der Waals surface area contributed by atoms with Gasteiger partial charge in [-0.1, -0.05) is 34.8 Å². The Labute approximate surface area is 148 Å². The summed E-state index contributed by atoms with van der Waals surface area (Å²) in [6.07, 6.45) is 1.29. The molecule has 3 rings (SSSR count). The summed E-state index contributed by atoms with van der Waals surface area (Å²) in [5.74, 6) is 0.154. The molecule has 0 unspecified atom stereocenters. The molecule has 23 heavy (non-hydrogen) atoms. The quantitative estimate of drug-likeness (QED) is 0.496. The Morgan fingerprint density at radius 1 is 1.30 bits per heavy atom. The third-order valence-electron chi connectivity index (χ3n) is 2.65. The molecule has 0 saturated heterocycles. The largest absolute Gasteiger partial charge is 0.481 e. The lowest BCUT2D eigenvalue weighted by molar-refractivity contribution is 0.0998. The Hall–Kier alpha value is -1.74. The molecular formula is C12H6Cl3N5O2S. The van der Waals surface area contributed by atoms with Crippen LogP contribution < -0.4 is 9.54 Å². The number of nitrogens with zero attached hydrogens (tertiary/aromatic N) is 5. The van der Waals surface area contributed by atoms with Crippen molar-refractivity contribution in [2.45, 2.75) is 0 Å². The first-order valence-corrected chi connectivity index (χ1v) is 7.89. The van der Waals surface area contributed by atoms with E-state index in [-0.39, 0.29) is 31.5 Å². The molecule has 0 fully saturated rings. The predicted molar refractivity (Wildman–Crippen MR) is 86.6 cm³/mol. The number of ether oxygens (including phenoxy) is 1. The second kappa shape index (κ2) is 6.40. The fourth-order valence-electron chi connectivity index (χ4n) is 1.65. The van der Waals surface area contributed by atoms with E-state index in [2.05, 4.69) is 19.9 Å². The van der Waals surface area contributed by atoms with Crippen molar-refractivity contribution in [3.05, 3.63) is 44.0 Å². The monoisotopic (exact) mass is 389 g/mol. The van der Waals surface area contributed by atoms with Gasteiger partial charge in [-0.15, -0.1) is 0 Å². The van der Waals surface area contributed by atoms with E-state index in [9.17, 15) is 4.79 Å². The predicted octanol–water partition coefficient (Wildman–Crippen LogP) is 2.90. The van der Waals surface area contributed by atoms with Crippen molar-refractivity contribution in [2.24, 2.45) is 4.99 Å². The summed E-state index contributed by atoms with van der Waals surface area (Å²) in [7, 11) is 1.49. The van der Waals surface area contributed by atoms with E-state index in [1.807, 2.05) is 0 Å². The van der Waals surface area contributed by atoms with Crippen LogP contribution in [0.5, 0.6) is 5.88 Å². The van der Waals surface area contributed by atoms with Crippen LogP contribution >= 0.6 is 46.3 Å². The van der Waals surface area contributed by atoms with E-state index in [0.717, 1.165) is 11.5 Å². The van der Waals surface area contributed by atoms with Crippen LogP contribution in [0.3, 0.4) is 0 Å². The van der Waals surface area contributed by atoms with Gasteiger partial charge in [0.05, 0.1) is 17.7 Å². The number of hydrogen-bond donors (Lipinski definition) is 0. The minimum Gasteiger partial charge on any atom is -0.481 e. The maximum atomic E-state index is 12.1. The zero-order chi connectivity index (χ0) is 16.6. The van der Waals surface area contributed by atoms with Crippen molar-refractivity contribution < 1.29 is 9.53 Å². The van der Waals surface area contributed by atoms with Gasteiger partial charge in [-0.25, -0.2) is 4.98 Å². The highest BCUT2D eigenvalue weighted by Crippen LogP contribution is 2.20. The molecule has 0 N–H and O–H groups in total. The average Bonchev–Trinajstić information content (AvgIpc) is 2.91. The molecule has 0 atom stereocenters. The van der Waals surface area contributed by atoms with E-state index in [1.54, 1.807) is 3.79 Å². The molecule has 7 nitrogen and oxygen atoms in total. The van der Waals surface area contributed by atoms with E-state index in [0.29, 0.717) is 5.88 Å². The molecule has 3 aromatic rings. The van der Waals surface area contributed by atoms with Crippen molar-refractivity contribution in [2.75, 3.05) is 7.11 Å². The lowest BCUT2D eigenvalue weighted by atomic mass is 10.3. The zero-order valence-corrected chi connectivity index (χ0v) is 14.4. The molecule has 0 bridgehead atoms. The minimum atomic E-state index is -0.555. The summed E-state index contributed by atoms with van der Waals surface area (Å²) >= 11 is 18.5. The summed E-state index contributed by atoms with van der Waals surface area (Å²) in [5.41, 5.74) is 0.196. The smallest absolute Gasteiger partial charge is 0.281 e. The first-order valence-electron chi connectivity index (χ1n) is 5.98. The van der Waals surface area contributed by atoms with Gasteiger partial charge in [-0.3, -0.25) is 4.79 Å². The van der Waals surface area contributed by atoms with Crippen molar-refractivity contribution in [1.82, 2.24) is 18.7 Å². The van der Waals surface area contributed by atoms with Crippen LogP contribution in [0.1, 0.15) is 10.4 Å². The van der Waals surface area contributed by atoms with Crippen LogP contribution in [-0.4, -0.2) is 31.8 Å². The summed E-state index contributed by atoms with van der Waals surface area (Å²) in [4.78, 5) is 28.2. The summed E-state index contributed by atoms with van der Waals surface area (Å²) in [6, 6.07) is 2.92. The highest BCUT2D eigenvalue weighted by molar-refractivity contribution is 7.03. The Morgan fingerprint density at radius 3 is 2.78 bits per heavy atom. The van der Waals surface area contributed by atoms with Gasteiger partial charge in [0.2, 0.25) is 10.7 Å². The third kappa shape index (κ3) is 3.30. The summed E-state index contributed by atoms with van der Waals surface area (Å²) in [6.45, 7) is 0. The first-order chi connectivity index (χ1) is 11.0. The summed E-state index contributed by atoms with van der Waals surface area (Å²) < 4.78 is 6.74. The third-order valence-corrected chi connectivity index (χ3v) is 4.40. The van der Waals surface area contributed by atoms with E-state index >= 15 is 0 Å². The SMILES string of the molecule is COc1cc(Cl)nc2nc(=NC(=O)c3cnc(Cl)c(Cl)c3)sn12. The van der Waals surface area contributed by atoms with Crippen molar-refractivity contribution in [3.8, 4) is 5.88 Å². The molecule has 0 radical (unpaired) electrons. The van der Waals surface area contributed by atoms with Crippen LogP contribution in [0.25, 0.3) is 5.78 Å². The number of amides is 1. The maximum absolute atomic E-state index is 12.1. The second-order valence-electron chi connectivity index (χ2n) is 4.11. The maximum Gasteiger partial charge on any atom is 0.281 e. The Bertz CT molecular complexity index is 984. The number of carbonyl (C=O) groups is 1.